The van der Waals surface area contributed by atoms with E-state index in [-0.39, 0.29) is 0 Å². The molecule has 0 bridgehead atoms. The first-order valence-electron chi connectivity index (χ1n) is 6.60. The van der Waals surface area contributed by atoms with Gasteiger partial charge in [-0.2, -0.15) is 0 Å². The highest BCUT2D eigenvalue weighted by Crippen LogP contribution is 2.23. The fourth-order valence-electron chi connectivity index (χ4n) is 2.22. The first kappa shape index (κ1) is 14.5. The minimum Gasteiger partial charge on any atom is -0.310 e. The van der Waals surface area contributed by atoms with Crippen LogP contribution in [0.1, 0.15) is 29.8 Å². The molecule has 0 aliphatic rings. The van der Waals surface area contributed by atoms with E-state index in [2.05, 4.69) is 77.1 Å². The zero-order valence-electron chi connectivity index (χ0n) is 11.4. The van der Waals surface area contributed by atoms with Gasteiger partial charge in [-0.15, -0.1) is 0 Å². The largest absolute Gasteiger partial charge is 0.310 e. The second-order valence-electron chi connectivity index (χ2n) is 4.60. The highest BCUT2D eigenvalue weighted by molar-refractivity contribution is 14.1. The van der Waals surface area contributed by atoms with E-state index in [4.69, 9.17) is 0 Å². The summed E-state index contributed by atoms with van der Waals surface area (Å²) in [5.41, 5.74) is 3.79. The maximum Gasteiger partial charge on any atom is 0.0451 e. The maximum absolute atomic E-state index is 4.51. The van der Waals surface area contributed by atoms with E-state index in [1.54, 1.807) is 0 Å². The van der Waals surface area contributed by atoms with Crippen LogP contribution in [0, 0.1) is 10.5 Å². The van der Waals surface area contributed by atoms with Gasteiger partial charge >= 0.3 is 0 Å². The standard InChI is InChI=1S/C16H19IN2/c1-3-18-16(13-8-4-5-9-14(13)17)11-15-12(2)7-6-10-19-15/h4-10,16,18H,3,11H2,1-2H3. The van der Waals surface area contributed by atoms with E-state index in [9.17, 15) is 0 Å². The van der Waals surface area contributed by atoms with Crippen LogP contribution in [0.5, 0.6) is 0 Å². The van der Waals surface area contributed by atoms with Crippen molar-refractivity contribution in [2.45, 2.75) is 26.3 Å². The Morgan fingerprint density at radius 2 is 2.00 bits per heavy atom. The van der Waals surface area contributed by atoms with Gasteiger partial charge in [0.2, 0.25) is 0 Å². The van der Waals surface area contributed by atoms with Crippen LogP contribution in [0.4, 0.5) is 0 Å². The number of rotatable bonds is 5. The number of benzene rings is 1. The van der Waals surface area contributed by atoms with E-state index < -0.39 is 0 Å². The number of hydrogen-bond donors (Lipinski definition) is 1. The van der Waals surface area contributed by atoms with Crippen molar-refractivity contribution in [3.8, 4) is 0 Å². The molecule has 1 heterocycles. The van der Waals surface area contributed by atoms with Gasteiger partial charge in [0.15, 0.2) is 0 Å². The van der Waals surface area contributed by atoms with Gasteiger partial charge in [0, 0.05) is 27.9 Å². The van der Waals surface area contributed by atoms with Crippen LogP contribution >= 0.6 is 22.6 Å². The Balaban J connectivity index is 2.27. The summed E-state index contributed by atoms with van der Waals surface area (Å²) in [4.78, 5) is 4.51. The third-order valence-electron chi connectivity index (χ3n) is 3.25. The van der Waals surface area contributed by atoms with E-state index >= 15 is 0 Å². The number of aryl methyl sites for hydroxylation is 1. The molecular formula is C16H19IN2. The molecule has 0 fully saturated rings. The fraction of sp³-hybridized carbons (Fsp3) is 0.312. The smallest absolute Gasteiger partial charge is 0.0451 e. The quantitative estimate of drug-likeness (QED) is 0.813. The first-order valence-corrected chi connectivity index (χ1v) is 7.68. The molecule has 0 saturated carbocycles. The van der Waals surface area contributed by atoms with Crippen LogP contribution in [0.2, 0.25) is 0 Å². The zero-order chi connectivity index (χ0) is 13.7. The molecule has 0 aliphatic carbocycles. The Labute approximate surface area is 128 Å². The van der Waals surface area contributed by atoms with Crippen molar-refractivity contribution in [1.82, 2.24) is 10.3 Å². The Hall–Kier alpha value is -0.940. The molecule has 1 N–H and O–H groups in total. The number of likely N-dealkylation sites (N-methyl/N-ethyl adjacent to an activating group) is 1. The molecule has 100 valence electrons. The predicted octanol–water partition coefficient (Wildman–Crippen LogP) is 3.89. The molecule has 0 radical (unpaired) electrons. The number of pyridine rings is 1. The minimum atomic E-state index is 0.326. The Morgan fingerprint density at radius 1 is 1.21 bits per heavy atom. The second kappa shape index (κ2) is 7.01. The molecule has 0 aliphatic heterocycles. The van der Waals surface area contributed by atoms with Gasteiger partial charge in [-0.05, 0) is 59.3 Å². The van der Waals surface area contributed by atoms with Gasteiger partial charge in [0.1, 0.15) is 0 Å². The lowest BCUT2D eigenvalue weighted by Gasteiger charge is -2.20. The Bertz CT molecular complexity index is 540. The van der Waals surface area contributed by atoms with Gasteiger partial charge in [-0.3, -0.25) is 4.98 Å². The maximum atomic E-state index is 4.51. The number of nitrogens with zero attached hydrogens (tertiary/aromatic N) is 1. The van der Waals surface area contributed by atoms with Crippen molar-refractivity contribution in [3.05, 3.63) is 63.0 Å². The highest BCUT2D eigenvalue weighted by Gasteiger charge is 2.15. The van der Waals surface area contributed by atoms with E-state index in [0.717, 1.165) is 13.0 Å². The third-order valence-corrected chi connectivity index (χ3v) is 4.23. The summed E-state index contributed by atoms with van der Waals surface area (Å²) in [6.07, 6.45) is 2.81. The van der Waals surface area contributed by atoms with Crippen molar-refractivity contribution in [2.75, 3.05) is 6.54 Å². The SMILES string of the molecule is CCNC(Cc1ncccc1C)c1ccccc1I. The molecule has 19 heavy (non-hydrogen) atoms. The summed E-state index contributed by atoms with van der Waals surface area (Å²) < 4.78 is 1.31. The minimum absolute atomic E-state index is 0.326. The molecule has 0 spiro atoms. The van der Waals surface area contributed by atoms with Gasteiger partial charge in [-0.25, -0.2) is 0 Å². The first-order chi connectivity index (χ1) is 9.22. The monoisotopic (exact) mass is 366 g/mol. The van der Waals surface area contributed by atoms with Crippen LogP contribution < -0.4 is 5.32 Å². The topological polar surface area (TPSA) is 24.9 Å². The van der Waals surface area contributed by atoms with Crippen LogP contribution in [0.25, 0.3) is 0 Å². The lowest BCUT2D eigenvalue weighted by molar-refractivity contribution is 0.540. The van der Waals surface area contributed by atoms with Gasteiger partial charge in [-0.1, -0.05) is 31.2 Å². The summed E-state index contributed by atoms with van der Waals surface area (Å²) in [5.74, 6) is 0. The Kier molecular flexibility index (Phi) is 5.34. The molecule has 2 aromatic rings. The van der Waals surface area contributed by atoms with Crippen LogP contribution in [0.15, 0.2) is 42.6 Å². The molecule has 1 aromatic heterocycles. The van der Waals surface area contributed by atoms with Gasteiger partial charge < -0.3 is 5.32 Å². The molecule has 1 unspecified atom stereocenters. The number of nitrogens with one attached hydrogen (secondary N) is 1. The average Bonchev–Trinajstić information content (AvgIpc) is 2.41. The van der Waals surface area contributed by atoms with Crippen molar-refractivity contribution in [2.24, 2.45) is 0 Å². The van der Waals surface area contributed by atoms with Crippen LogP contribution in [0.3, 0.4) is 0 Å². The molecule has 2 rings (SSSR count). The molecular weight excluding hydrogens is 347 g/mol. The lowest BCUT2D eigenvalue weighted by Crippen LogP contribution is -2.24. The highest BCUT2D eigenvalue weighted by atomic mass is 127. The molecule has 0 saturated heterocycles. The number of hydrogen-bond acceptors (Lipinski definition) is 2. The summed E-state index contributed by atoms with van der Waals surface area (Å²) >= 11 is 2.41. The third kappa shape index (κ3) is 3.76. The Morgan fingerprint density at radius 3 is 2.68 bits per heavy atom. The van der Waals surface area contributed by atoms with E-state index in [0.29, 0.717) is 6.04 Å². The van der Waals surface area contributed by atoms with E-state index in [1.807, 2.05) is 12.3 Å². The molecule has 1 aromatic carbocycles. The summed E-state index contributed by atoms with van der Waals surface area (Å²) in [7, 11) is 0. The van der Waals surface area contributed by atoms with E-state index in [1.165, 1.54) is 20.4 Å². The van der Waals surface area contributed by atoms with Crippen LogP contribution in [-0.2, 0) is 6.42 Å². The van der Waals surface area contributed by atoms with Crippen molar-refractivity contribution < 1.29 is 0 Å². The molecule has 0 amide bonds. The van der Waals surface area contributed by atoms with Crippen molar-refractivity contribution in [3.63, 3.8) is 0 Å². The van der Waals surface area contributed by atoms with Gasteiger partial charge in [0.05, 0.1) is 0 Å². The summed E-state index contributed by atoms with van der Waals surface area (Å²) in [6, 6.07) is 13.0. The lowest BCUT2D eigenvalue weighted by atomic mass is 9.99. The number of halogens is 1. The predicted molar refractivity (Wildman–Crippen MR) is 88.3 cm³/mol. The summed E-state index contributed by atoms with van der Waals surface area (Å²) in [6.45, 7) is 5.23. The normalized spacial score (nSPS) is 12.4. The van der Waals surface area contributed by atoms with Gasteiger partial charge in [0.25, 0.3) is 0 Å². The molecule has 2 nitrogen and oxygen atoms in total. The van der Waals surface area contributed by atoms with Crippen molar-refractivity contribution >= 4 is 22.6 Å². The fourth-order valence-corrected chi connectivity index (χ4v) is 2.98. The molecule has 3 heteroatoms. The van der Waals surface area contributed by atoms with Crippen molar-refractivity contribution in [1.29, 1.82) is 0 Å². The van der Waals surface area contributed by atoms with Crippen LogP contribution in [-0.4, -0.2) is 11.5 Å². The number of aromatic nitrogens is 1. The zero-order valence-corrected chi connectivity index (χ0v) is 13.5. The average molecular weight is 366 g/mol. The second-order valence-corrected chi connectivity index (χ2v) is 5.77. The molecule has 1 atom stereocenters. The summed E-state index contributed by atoms with van der Waals surface area (Å²) in [5, 5.41) is 3.57.